The van der Waals surface area contributed by atoms with Crippen molar-refractivity contribution in [3.63, 3.8) is 0 Å². The molecule has 3 aromatic rings. The van der Waals surface area contributed by atoms with Gasteiger partial charge in [0.15, 0.2) is 0 Å². The second-order valence-electron chi connectivity index (χ2n) is 6.98. The maximum absolute atomic E-state index is 12.8. The number of allylic oxidation sites excluding steroid dienone is 1. The van der Waals surface area contributed by atoms with Gasteiger partial charge in [0.05, 0.1) is 53.3 Å². The maximum Gasteiger partial charge on any atom is 0.313 e. The van der Waals surface area contributed by atoms with Crippen molar-refractivity contribution >= 4 is 28.8 Å². The zero-order valence-electron chi connectivity index (χ0n) is 17.3. The van der Waals surface area contributed by atoms with Crippen LogP contribution in [0.5, 0.6) is 11.5 Å². The first-order chi connectivity index (χ1) is 15.5. The van der Waals surface area contributed by atoms with Crippen LogP contribution < -0.4 is 30.0 Å². The molecule has 32 heavy (non-hydrogen) atoms. The van der Waals surface area contributed by atoms with Crippen molar-refractivity contribution in [3.8, 4) is 23.6 Å². The van der Waals surface area contributed by atoms with E-state index in [1.807, 2.05) is 30.3 Å². The highest BCUT2D eigenvalue weighted by atomic mass is 32.1. The number of ether oxygens (including phenoxy) is 2. The molecule has 0 fully saturated rings. The van der Waals surface area contributed by atoms with E-state index in [1.165, 1.54) is 4.57 Å². The zero-order chi connectivity index (χ0) is 22.8. The smallest absolute Gasteiger partial charge is 0.313 e. The summed E-state index contributed by atoms with van der Waals surface area (Å²) in [6.07, 6.45) is 1.81. The molecule has 1 atom stereocenters. The van der Waals surface area contributed by atoms with E-state index in [9.17, 15) is 15.3 Å². The second kappa shape index (κ2) is 8.46. The zero-order valence-corrected chi connectivity index (χ0v) is 18.1. The molecule has 0 aliphatic carbocycles. The lowest BCUT2D eigenvalue weighted by Gasteiger charge is -2.23. The fourth-order valence-corrected chi connectivity index (χ4v) is 4.75. The summed E-state index contributed by atoms with van der Waals surface area (Å²) in [6, 6.07) is 18.8. The minimum Gasteiger partial charge on any atom is -0.497 e. The molecule has 1 unspecified atom stereocenters. The lowest BCUT2D eigenvalue weighted by molar-refractivity contribution is 0.414. The summed E-state index contributed by atoms with van der Waals surface area (Å²) in [6.45, 7) is 0. The lowest BCUT2D eigenvalue weighted by atomic mass is 9.83. The summed E-state index contributed by atoms with van der Waals surface area (Å²) in [4.78, 5) is 12.5. The average Bonchev–Trinajstić information content (AvgIpc) is 3.14. The Hall–Kier alpha value is -4.27. The Labute approximate surface area is 187 Å². The molecule has 1 aromatic heterocycles. The molecule has 4 rings (SSSR count). The van der Waals surface area contributed by atoms with Gasteiger partial charge in [0, 0.05) is 0 Å². The van der Waals surface area contributed by atoms with Crippen LogP contribution in [0.1, 0.15) is 17.0 Å². The number of nitrogens with two attached hydrogens (primary N) is 1. The molecule has 0 saturated carbocycles. The quantitative estimate of drug-likeness (QED) is 0.660. The molecule has 158 valence electrons. The Morgan fingerprint density at radius 3 is 2.34 bits per heavy atom. The van der Waals surface area contributed by atoms with Crippen LogP contribution >= 0.6 is 11.3 Å². The molecule has 2 aromatic carbocycles. The van der Waals surface area contributed by atoms with Gasteiger partial charge in [-0.25, -0.2) is 0 Å². The van der Waals surface area contributed by atoms with E-state index < -0.39 is 5.92 Å². The molecule has 0 saturated heterocycles. The standard InChI is InChI=1S/C24H18N4O3S/c1-30-16-7-3-5-14(9-16)10-20-22-18(12-25)21(15-6-4-8-17(11-15)31-2)19(13-26)23(27)28(22)24(29)32-20/h3-11,21H,27H2,1-2H3/b20-10-. The Morgan fingerprint density at radius 1 is 1.03 bits per heavy atom. The lowest BCUT2D eigenvalue weighted by Crippen LogP contribution is -2.41. The molecule has 7 nitrogen and oxygen atoms in total. The van der Waals surface area contributed by atoms with Crippen molar-refractivity contribution in [3.05, 3.63) is 84.8 Å². The van der Waals surface area contributed by atoms with Crippen LogP contribution in [0.3, 0.4) is 0 Å². The summed E-state index contributed by atoms with van der Waals surface area (Å²) in [5, 5.41) is 20.4. The van der Waals surface area contributed by atoms with Crippen LogP contribution in [0.4, 0.5) is 0 Å². The van der Waals surface area contributed by atoms with Crippen LogP contribution in [0.2, 0.25) is 0 Å². The summed E-state index contributed by atoms with van der Waals surface area (Å²) in [5.74, 6) is 0.573. The van der Waals surface area contributed by atoms with E-state index >= 15 is 0 Å². The number of methoxy groups -OCH3 is 2. The third-order valence-electron chi connectivity index (χ3n) is 5.25. The van der Waals surface area contributed by atoms with Crippen LogP contribution in [-0.4, -0.2) is 18.8 Å². The topological polar surface area (TPSA) is 114 Å². The van der Waals surface area contributed by atoms with Crippen LogP contribution in [0, 0.1) is 22.7 Å². The largest absolute Gasteiger partial charge is 0.497 e. The van der Waals surface area contributed by atoms with E-state index in [4.69, 9.17) is 15.2 Å². The van der Waals surface area contributed by atoms with Crippen molar-refractivity contribution in [1.82, 2.24) is 4.57 Å². The van der Waals surface area contributed by atoms with E-state index in [0.717, 1.165) is 16.9 Å². The van der Waals surface area contributed by atoms with E-state index in [-0.39, 0.29) is 21.8 Å². The third kappa shape index (κ3) is 3.43. The van der Waals surface area contributed by atoms with Gasteiger partial charge in [-0.1, -0.05) is 35.6 Å². The van der Waals surface area contributed by atoms with Gasteiger partial charge in [-0.3, -0.25) is 9.36 Å². The van der Waals surface area contributed by atoms with Gasteiger partial charge < -0.3 is 15.2 Å². The monoisotopic (exact) mass is 442 g/mol. The predicted molar refractivity (Wildman–Crippen MR) is 122 cm³/mol. The number of hydrogen-bond acceptors (Lipinski definition) is 7. The van der Waals surface area contributed by atoms with Gasteiger partial charge >= 0.3 is 4.87 Å². The van der Waals surface area contributed by atoms with Crippen molar-refractivity contribution in [2.24, 2.45) is 5.73 Å². The minimum absolute atomic E-state index is 0.0286. The van der Waals surface area contributed by atoms with Crippen molar-refractivity contribution in [2.45, 2.75) is 5.92 Å². The molecule has 0 bridgehead atoms. The number of aromatic nitrogens is 1. The summed E-state index contributed by atoms with van der Waals surface area (Å²) >= 11 is 0.970. The second-order valence-corrected chi connectivity index (χ2v) is 7.98. The molecular weight excluding hydrogens is 424 g/mol. The highest BCUT2D eigenvalue weighted by Crippen LogP contribution is 2.36. The molecule has 0 amide bonds. The minimum atomic E-state index is -0.716. The fraction of sp³-hybridized carbons (Fsp3) is 0.125. The number of hydrogen-bond donors (Lipinski definition) is 1. The number of thiazole rings is 1. The summed E-state index contributed by atoms with van der Waals surface area (Å²) in [5.41, 5.74) is 8.21. The molecular formula is C24H18N4O3S. The highest BCUT2D eigenvalue weighted by molar-refractivity contribution is 7.07. The molecule has 0 radical (unpaired) electrons. The molecule has 2 N–H and O–H groups in total. The fourth-order valence-electron chi connectivity index (χ4n) is 3.79. The number of nitriles is 2. The van der Waals surface area contributed by atoms with E-state index in [1.54, 1.807) is 38.5 Å². The molecule has 0 spiro atoms. The number of nitrogens with zero attached hydrogens (tertiary/aromatic N) is 3. The molecule has 1 aliphatic heterocycles. The van der Waals surface area contributed by atoms with Gasteiger partial charge in [-0.15, -0.1) is 0 Å². The first kappa shape index (κ1) is 21.0. The van der Waals surface area contributed by atoms with E-state index in [0.29, 0.717) is 26.9 Å². The Kier molecular flexibility index (Phi) is 5.55. The SMILES string of the molecule is COc1cccc(/C=c2\sc(=O)n3c2=C(C#N)C(c2cccc(OC)c2)C(C#N)=C3N)c1. The molecule has 8 heteroatoms. The van der Waals surface area contributed by atoms with E-state index in [2.05, 4.69) is 12.1 Å². The van der Waals surface area contributed by atoms with Gasteiger partial charge in [0.2, 0.25) is 0 Å². The number of benzene rings is 2. The van der Waals surface area contributed by atoms with Crippen LogP contribution in [0.15, 0.2) is 58.9 Å². The Balaban J connectivity index is 2.09. The van der Waals surface area contributed by atoms with Crippen LogP contribution in [-0.2, 0) is 0 Å². The Bertz CT molecular complexity index is 1520. The van der Waals surface area contributed by atoms with Gasteiger partial charge in [0.1, 0.15) is 17.3 Å². The summed E-state index contributed by atoms with van der Waals surface area (Å²) < 4.78 is 12.4. The van der Waals surface area contributed by atoms with Gasteiger partial charge in [-0.05, 0) is 41.5 Å². The van der Waals surface area contributed by atoms with Crippen molar-refractivity contribution < 1.29 is 9.47 Å². The maximum atomic E-state index is 12.8. The average molecular weight is 443 g/mol. The third-order valence-corrected chi connectivity index (χ3v) is 6.13. The first-order valence-corrected chi connectivity index (χ1v) is 10.4. The Morgan fingerprint density at radius 2 is 1.69 bits per heavy atom. The molecule has 2 heterocycles. The van der Waals surface area contributed by atoms with Crippen LogP contribution in [0.25, 0.3) is 17.5 Å². The van der Waals surface area contributed by atoms with Crippen molar-refractivity contribution in [2.75, 3.05) is 14.2 Å². The predicted octanol–water partition coefficient (Wildman–Crippen LogP) is 1.88. The van der Waals surface area contributed by atoms with Gasteiger partial charge in [0.25, 0.3) is 0 Å². The first-order valence-electron chi connectivity index (χ1n) is 9.58. The van der Waals surface area contributed by atoms with Crippen molar-refractivity contribution in [1.29, 1.82) is 10.5 Å². The van der Waals surface area contributed by atoms with Gasteiger partial charge in [-0.2, -0.15) is 10.5 Å². The normalized spacial score (nSPS) is 15.7. The molecule has 1 aliphatic rings. The highest BCUT2D eigenvalue weighted by Gasteiger charge is 2.32. The number of fused-ring (bicyclic) bond motifs is 1. The number of rotatable bonds is 4. The summed E-state index contributed by atoms with van der Waals surface area (Å²) in [7, 11) is 3.12.